The summed E-state index contributed by atoms with van der Waals surface area (Å²) in [4.78, 5) is 12.4. The molecule has 1 fully saturated rings. The number of hydrogen-bond acceptors (Lipinski definition) is 5. The summed E-state index contributed by atoms with van der Waals surface area (Å²) in [6, 6.07) is 6.93. The summed E-state index contributed by atoms with van der Waals surface area (Å²) in [5, 5.41) is 4.84. The number of benzene rings is 1. The van der Waals surface area contributed by atoms with E-state index in [0.717, 1.165) is 36.5 Å². The zero-order valence-corrected chi connectivity index (χ0v) is 16.9. The van der Waals surface area contributed by atoms with Gasteiger partial charge >= 0.3 is 0 Å². The lowest BCUT2D eigenvalue weighted by Crippen LogP contribution is -2.23. The molecule has 1 saturated heterocycles. The second kappa shape index (κ2) is 8.43. The first kappa shape index (κ1) is 19.1. The quantitative estimate of drug-likeness (QED) is 0.537. The largest absolute Gasteiger partial charge is 0.403 e. The van der Waals surface area contributed by atoms with Crippen LogP contribution in [0, 0.1) is 12.7 Å². The standard InChI is InChI=1S/C21H24FN3O2S/c1-14-17(7-10-26-14)21-12-19(15(2)28-21)24-13-23-16-5-6-20(18(22)11-16)27-25-8-3-4-9-25/h5-7,11-14H,3-4,8-10H2,1-2H3,(H,23,24). The number of aryl methyl sites for hydroxylation is 1. The molecular formula is C21H24FN3O2S. The monoisotopic (exact) mass is 401 g/mol. The first-order valence-electron chi connectivity index (χ1n) is 9.54. The fourth-order valence-electron chi connectivity index (χ4n) is 3.34. The third-order valence-electron chi connectivity index (χ3n) is 4.92. The number of rotatable bonds is 6. The first-order valence-corrected chi connectivity index (χ1v) is 10.4. The highest BCUT2D eigenvalue weighted by Crippen LogP contribution is 2.36. The van der Waals surface area contributed by atoms with Crippen LogP contribution in [-0.2, 0) is 4.74 Å². The van der Waals surface area contributed by atoms with Gasteiger partial charge in [-0.25, -0.2) is 9.38 Å². The van der Waals surface area contributed by atoms with Crippen molar-refractivity contribution in [2.24, 2.45) is 4.99 Å². The maximum absolute atomic E-state index is 14.3. The molecule has 0 aliphatic carbocycles. The molecule has 28 heavy (non-hydrogen) atoms. The van der Waals surface area contributed by atoms with Crippen molar-refractivity contribution < 1.29 is 14.0 Å². The Morgan fingerprint density at radius 2 is 2.14 bits per heavy atom. The van der Waals surface area contributed by atoms with Gasteiger partial charge in [-0.3, -0.25) is 0 Å². The average Bonchev–Trinajstić information content (AvgIpc) is 3.40. The van der Waals surface area contributed by atoms with E-state index in [4.69, 9.17) is 9.57 Å². The zero-order chi connectivity index (χ0) is 19.5. The van der Waals surface area contributed by atoms with E-state index in [-0.39, 0.29) is 17.7 Å². The number of aliphatic imine (C=N–C) groups is 1. The maximum Gasteiger partial charge on any atom is 0.183 e. The predicted molar refractivity (Wildman–Crippen MR) is 112 cm³/mol. The second-order valence-corrected chi connectivity index (χ2v) is 8.22. The number of nitrogens with one attached hydrogen (secondary N) is 1. The van der Waals surface area contributed by atoms with E-state index in [9.17, 15) is 4.39 Å². The smallest absolute Gasteiger partial charge is 0.183 e. The summed E-state index contributed by atoms with van der Waals surface area (Å²) in [5.74, 6) is -0.134. The van der Waals surface area contributed by atoms with Crippen LogP contribution in [0.25, 0.3) is 5.57 Å². The van der Waals surface area contributed by atoms with Crippen molar-refractivity contribution in [3.05, 3.63) is 45.9 Å². The van der Waals surface area contributed by atoms with Gasteiger partial charge in [-0.2, -0.15) is 0 Å². The van der Waals surface area contributed by atoms with E-state index in [2.05, 4.69) is 29.4 Å². The van der Waals surface area contributed by atoms with Gasteiger partial charge in [0.2, 0.25) is 0 Å². The van der Waals surface area contributed by atoms with Crippen molar-refractivity contribution in [3.8, 4) is 5.75 Å². The van der Waals surface area contributed by atoms with Crippen LogP contribution in [0.15, 0.2) is 35.3 Å². The van der Waals surface area contributed by atoms with Crippen LogP contribution in [0.5, 0.6) is 5.75 Å². The van der Waals surface area contributed by atoms with Gasteiger partial charge in [-0.05, 0) is 50.5 Å². The lowest BCUT2D eigenvalue weighted by atomic mass is 10.1. The van der Waals surface area contributed by atoms with Crippen molar-refractivity contribution in [1.29, 1.82) is 0 Å². The zero-order valence-electron chi connectivity index (χ0n) is 16.1. The fourth-order valence-corrected chi connectivity index (χ4v) is 4.43. The molecular weight excluding hydrogens is 377 g/mol. The molecule has 148 valence electrons. The van der Waals surface area contributed by atoms with Crippen LogP contribution in [-0.4, -0.2) is 37.2 Å². The molecule has 5 nitrogen and oxygen atoms in total. The molecule has 3 heterocycles. The third-order valence-corrected chi connectivity index (χ3v) is 6.01. The first-order chi connectivity index (χ1) is 13.6. The third kappa shape index (κ3) is 4.27. The Morgan fingerprint density at radius 3 is 2.86 bits per heavy atom. The molecule has 0 saturated carbocycles. The number of ether oxygens (including phenoxy) is 1. The highest BCUT2D eigenvalue weighted by molar-refractivity contribution is 7.13. The summed E-state index contributed by atoms with van der Waals surface area (Å²) in [7, 11) is 0. The Balaban J connectivity index is 1.39. The van der Waals surface area contributed by atoms with Gasteiger partial charge < -0.3 is 14.9 Å². The molecule has 0 amide bonds. The molecule has 1 atom stereocenters. The van der Waals surface area contributed by atoms with Crippen LogP contribution in [0.4, 0.5) is 15.8 Å². The van der Waals surface area contributed by atoms with Gasteiger partial charge in [0.05, 0.1) is 24.7 Å². The van der Waals surface area contributed by atoms with E-state index in [0.29, 0.717) is 12.3 Å². The summed E-state index contributed by atoms with van der Waals surface area (Å²) < 4.78 is 19.9. The van der Waals surface area contributed by atoms with Crippen LogP contribution >= 0.6 is 11.3 Å². The Labute approximate surface area is 168 Å². The Hall–Kier alpha value is -2.22. The molecule has 4 rings (SSSR count). The molecule has 2 aliphatic heterocycles. The average molecular weight is 402 g/mol. The number of hydroxylamine groups is 2. The molecule has 0 spiro atoms. The lowest BCUT2D eigenvalue weighted by Gasteiger charge is -2.16. The van der Waals surface area contributed by atoms with Crippen LogP contribution in [0.1, 0.15) is 29.5 Å². The van der Waals surface area contributed by atoms with Crippen molar-refractivity contribution in [2.45, 2.75) is 32.8 Å². The molecule has 2 aromatic rings. The van der Waals surface area contributed by atoms with Gasteiger partial charge in [0, 0.05) is 34.6 Å². The van der Waals surface area contributed by atoms with Crippen molar-refractivity contribution in [3.63, 3.8) is 0 Å². The van der Waals surface area contributed by atoms with Crippen LogP contribution in [0.2, 0.25) is 0 Å². The fraction of sp³-hybridized carbons (Fsp3) is 0.381. The van der Waals surface area contributed by atoms with E-state index in [1.54, 1.807) is 34.9 Å². The predicted octanol–water partition coefficient (Wildman–Crippen LogP) is 5.16. The van der Waals surface area contributed by atoms with Crippen molar-refractivity contribution in [1.82, 2.24) is 5.06 Å². The minimum Gasteiger partial charge on any atom is -0.403 e. The van der Waals surface area contributed by atoms with Gasteiger partial charge in [-0.1, -0.05) is 6.08 Å². The summed E-state index contributed by atoms with van der Waals surface area (Å²) >= 11 is 1.71. The number of hydrogen-bond donors (Lipinski definition) is 1. The Bertz CT molecular complexity index is 903. The molecule has 7 heteroatoms. The molecule has 2 aliphatic rings. The van der Waals surface area contributed by atoms with Crippen molar-refractivity contribution in [2.75, 3.05) is 25.0 Å². The van der Waals surface area contributed by atoms with E-state index in [1.165, 1.54) is 16.5 Å². The summed E-state index contributed by atoms with van der Waals surface area (Å²) in [6.07, 6.45) is 6.01. The number of nitrogens with zero attached hydrogens (tertiary/aromatic N) is 2. The molecule has 1 unspecified atom stereocenters. The van der Waals surface area contributed by atoms with Gasteiger partial charge in [0.15, 0.2) is 11.6 Å². The van der Waals surface area contributed by atoms with Gasteiger partial charge in [0.1, 0.15) is 0 Å². The second-order valence-electron chi connectivity index (χ2n) is 6.96. The number of thiophene rings is 1. The topological polar surface area (TPSA) is 46.1 Å². The van der Waals surface area contributed by atoms with Crippen LogP contribution < -0.4 is 10.2 Å². The lowest BCUT2D eigenvalue weighted by molar-refractivity contribution is -0.0381. The molecule has 1 aromatic carbocycles. The van der Waals surface area contributed by atoms with E-state index >= 15 is 0 Å². The van der Waals surface area contributed by atoms with Crippen molar-refractivity contribution >= 4 is 34.6 Å². The van der Waals surface area contributed by atoms with Gasteiger partial charge in [-0.15, -0.1) is 16.4 Å². The molecule has 0 radical (unpaired) electrons. The SMILES string of the molecule is Cc1sc(C2=CCOC2C)cc1N=CNc1ccc(ON2CCCC2)c(F)c1. The molecule has 1 aromatic heterocycles. The van der Waals surface area contributed by atoms with E-state index in [1.807, 2.05) is 6.92 Å². The minimum absolute atomic E-state index is 0.122. The Kier molecular flexibility index (Phi) is 5.75. The normalized spacial score (nSPS) is 20.1. The highest BCUT2D eigenvalue weighted by Gasteiger charge is 2.19. The Morgan fingerprint density at radius 1 is 1.32 bits per heavy atom. The van der Waals surface area contributed by atoms with Crippen LogP contribution in [0.3, 0.4) is 0 Å². The maximum atomic E-state index is 14.3. The van der Waals surface area contributed by atoms with Gasteiger partial charge in [0.25, 0.3) is 0 Å². The minimum atomic E-state index is -0.388. The molecule has 0 bridgehead atoms. The van der Waals surface area contributed by atoms with E-state index < -0.39 is 0 Å². The number of anilines is 1. The summed E-state index contributed by atoms with van der Waals surface area (Å²) in [5.41, 5.74) is 2.75. The highest BCUT2D eigenvalue weighted by atomic mass is 32.1. The number of halogens is 1. The molecule has 1 N–H and O–H groups in total. The summed E-state index contributed by atoms with van der Waals surface area (Å²) in [6.45, 7) is 6.46.